The average Bonchev–Trinajstić information content (AvgIpc) is 1.93. The Morgan fingerprint density at radius 1 is 1.08 bits per heavy atom. The average molecular weight is 194 g/mol. The Hall–Kier alpha value is -0.763. The van der Waals surface area contributed by atoms with E-state index in [4.69, 9.17) is 4.43 Å². The minimum Gasteiger partial charge on any atom is -0.544 e. The Bertz CT molecular complexity index is 299. The first-order valence-electron chi connectivity index (χ1n) is 4.65. The SMILES string of the molecule is Cc1ccc(O[Si](C)(C)C)c(C)c1. The molecule has 0 amide bonds. The lowest BCUT2D eigenvalue weighted by molar-refractivity contribution is 0.553. The van der Waals surface area contributed by atoms with Crippen LogP contribution in [0.1, 0.15) is 11.1 Å². The van der Waals surface area contributed by atoms with Gasteiger partial charge in [0.2, 0.25) is 8.32 Å². The van der Waals surface area contributed by atoms with Crippen LogP contribution in [0.15, 0.2) is 18.2 Å². The molecule has 0 aromatic heterocycles. The molecule has 0 fully saturated rings. The highest BCUT2D eigenvalue weighted by Crippen LogP contribution is 2.21. The summed E-state index contributed by atoms with van der Waals surface area (Å²) in [4.78, 5) is 0. The van der Waals surface area contributed by atoms with Gasteiger partial charge in [-0.15, -0.1) is 0 Å². The van der Waals surface area contributed by atoms with Gasteiger partial charge in [-0.3, -0.25) is 0 Å². The van der Waals surface area contributed by atoms with Crippen LogP contribution in [0.2, 0.25) is 19.6 Å². The normalized spacial score (nSPS) is 11.5. The molecule has 0 N–H and O–H groups in total. The van der Waals surface area contributed by atoms with Gasteiger partial charge in [-0.05, 0) is 45.1 Å². The van der Waals surface area contributed by atoms with E-state index in [1.54, 1.807) is 0 Å². The zero-order valence-electron chi connectivity index (χ0n) is 9.14. The van der Waals surface area contributed by atoms with E-state index in [1.807, 2.05) is 0 Å². The molecule has 0 unspecified atom stereocenters. The monoisotopic (exact) mass is 194 g/mol. The number of hydrogen-bond acceptors (Lipinski definition) is 1. The van der Waals surface area contributed by atoms with Crippen molar-refractivity contribution in [1.29, 1.82) is 0 Å². The molecule has 1 nitrogen and oxygen atoms in total. The zero-order chi connectivity index (χ0) is 10.1. The Balaban J connectivity index is 2.90. The van der Waals surface area contributed by atoms with E-state index >= 15 is 0 Å². The fraction of sp³-hybridized carbons (Fsp3) is 0.455. The van der Waals surface area contributed by atoms with Crippen LogP contribution < -0.4 is 4.43 Å². The van der Waals surface area contributed by atoms with Crippen molar-refractivity contribution in [2.45, 2.75) is 33.5 Å². The van der Waals surface area contributed by atoms with Crippen LogP contribution in [0.3, 0.4) is 0 Å². The van der Waals surface area contributed by atoms with E-state index in [-0.39, 0.29) is 0 Å². The van der Waals surface area contributed by atoms with Gasteiger partial charge in [0.25, 0.3) is 0 Å². The molecule has 0 bridgehead atoms. The first-order chi connectivity index (χ1) is 5.88. The van der Waals surface area contributed by atoms with Crippen molar-refractivity contribution in [2.24, 2.45) is 0 Å². The molecule has 0 saturated heterocycles. The molecule has 0 heterocycles. The molecule has 0 atom stereocenters. The van der Waals surface area contributed by atoms with Crippen molar-refractivity contribution in [3.63, 3.8) is 0 Å². The van der Waals surface area contributed by atoms with Gasteiger partial charge in [0.1, 0.15) is 5.75 Å². The molecular formula is C11H18OSi. The molecule has 0 aliphatic rings. The zero-order valence-corrected chi connectivity index (χ0v) is 10.1. The summed E-state index contributed by atoms with van der Waals surface area (Å²) in [7, 11) is -1.45. The van der Waals surface area contributed by atoms with Crippen molar-refractivity contribution in [1.82, 2.24) is 0 Å². The quantitative estimate of drug-likeness (QED) is 0.655. The Labute approximate surface area is 81.9 Å². The van der Waals surface area contributed by atoms with Crippen LogP contribution in [0, 0.1) is 13.8 Å². The standard InChI is InChI=1S/C11H18OSi/c1-9-6-7-11(10(2)8-9)12-13(3,4)5/h6-8H,1-5H3. The number of benzene rings is 1. The maximum absolute atomic E-state index is 5.93. The molecule has 1 rings (SSSR count). The predicted molar refractivity (Wildman–Crippen MR) is 59.9 cm³/mol. The van der Waals surface area contributed by atoms with Crippen LogP contribution in [0.25, 0.3) is 0 Å². The number of hydrogen-bond donors (Lipinski definition) is 0. The first-order valence-corrected chi connectivity index (χ1v) is 8.05. The van der Waals surface area contributed by atoms with Gasteiger partial charge < -0.3 is 4.43 Å². The molecule has 1 aromatic carbocycles. The van der Waals surface area contributed by atoms with Crippen molar-refractivity contribution in [2.75, 3.05) is 0 Å². The largest absolute Gasteiger partial charge is 0.544 e. The van der Waals surface area contributed by atoms with Crippen LogP contribution in [0.5, 0.6) is 5.75 Å². The molecule has 0 radical (unpaired) electrons. The molecule has 0 spiro atoms. The molecule has 0 saturated carbocycles. The van der Waals surface area contributed by atoms with Gasteiger partial charge in [-0.2, -0.15) is 0 Å². The summed E-state index contributed by atoms with van der Waals surface area (Å²) < 4.78 is 5.93. The van der Waals surface area contributed by atoms with Gasteiger partial charge in [-0.1, -0.05) is 17.7 Å². The van der Waals surface area contributed by atoms with Crippen LogP contribution in [-0.2, 0) is 0 Å². The summed E-state index contributed by atoms with van der Waals surface area (Å²) in [6.45, 7) is 10.8. The molecule has 2 heteroatoms. The Kier molecular flexibility index (Phi) is 2.81. The Morgan fingerprint density at radius 2 is 1.69 bits per heavy atom. The highest BCUT2D eigenvalue weighted by atomic mass is 28.4. The third kappa shape index (κ3) is 3.23. The molecule has 0 aliphatic carbocycles. The van der Waals surface area contributed by atoms with Crippen molar-refractivity contribution < 1.29 is 4.43 Å². The lowest BCUT2D eigenvalue weighted by Gasteiger charge is -2.20. The van der Waals surface area contributed by atoms with Gasteiger partial charge in [-0.25, -0.2) is 0 Å². The second-order valence-corrected chi connectivity index (χ2v) is 8.91. The fourth-order valence-electron chi connectivity index (χ4n) is 1.24. The highest BCUT2D eigenvalue weighted by Gasteiger charge is 2.16. The van der Waals surface area contributed by atoms with E-state index in [0.717, 1.165) is 5.75 Å². The summed E-state index contributed by atoms with van der Waals surface area (Å²) >= 11 is 0. The van der Waals surface area contributed by atoms with Crippen LogP contribution in [0.4, 0.5) is 0 Å². The topological polar surface area (TPSA) is 9.23 Å². The van der Waals surface area contributed by atoms with E-state index < -0.39 is 8.32 Å². The second-order valence-electron chi connectivity index (χ2n) is 4.48. The summed E-state index contributed by atoms with van der Waals surface area (Å²) in [6.07, 6.45) is 0. The maximum Gasteiger partial charge on any atom is 0.242 e. The maximum atomic E-state index is 5.93. The smallest absolute Gasteiger partial charge is 0.242 e. The first kappa shape index (κ1) is 10.3. The van der Waals surface area contributed by atoms with Crippen LogP contribution in [-0.4, -0.2) is 8.32 Å². The Morgan fingerprint density at radius 3 is 2.15 bits per heavy atom. The fourth-order valence-corrected chi connectivity index (χ4v) is 2.13. The third-order valence-corrected chi connectivity index (χ3v) is 2.58. The van der Waals surface area contributed by atoms with Gasteiger partial charge in [0.15, 0.2) is 0 Å². The molecule has 13 heavy (non-hydrogen) atoms. The number of aryl methyl sites for hydroxylation is 2. The van der Waals surface area contributed by atoms with E-state index in [2.05, 4.69) is 51.7 Å². The summed E-state index contributed by atoms with van der Waals surface area (Å²) in [6, 6.07) is 6.33. The van der Waals surface area contributed by atoms with Crippen LogP contribution >= 0.6 is 0 Å². The second kappa shape index (κ2) is 3.54. The molecule has 72 valence electrons. The van der Waals surface area contributed by atoms with Gasteiger partial charge >= 0.3 is 0 Å². The van der Waals surface area contributed by atoms with Crippen molar-refractivity contribution >= 4 is 8.32 Å². The van der Waals surface area contributed by atoms with E-state index in [0.29, 0.717) is 0 Å². The van der Waals surface area contributed by atoms with Crippen molar-refractivity contribution in [3.05, 3.63) is 29.3 Å². The predicted octanol–water partition coefficient (Wildman–Crippen LogP) is 3.52. The highest BCUT2D eigenvalue weighted by molar-refractivity contribution is 6.70. The molecule has 1 aromatic rings. The van der Waals surface area contributed by atoms with E-state index in [1.165, 1.54) is 11.1 Å². The molecular weight excluding hydrogens is 176 g/mol. The van der Waals surface area contributed by atoms with Gasteiger partial charge in [0.05, 0.1) is 0 Å². The minimum atomic E-state index is -1.45. The molecule has 0 aliphatic heterocycles. The number of rotatable bonds is 2. The van der Waals surface area contributed by atoms with Gasteiger partial charge in [0, 0.05) is 0 Å². The van der Waals surface area contributed by atoms with Crippen molar-refractivity contribution in [3.8, 4) is 5.75 Å². The van der Waals surface area contributed by atoms with E-state index in [9.17, 15) is 0 Å². The third-order valence-electron chi connectivity index (χ3n) is 1.75. The summed E-state index contributed by atoms with van der Waals surface area (Å²) in [5.41, 5.74) is 2.53. The summed E-state index contributed by atoms with van der Waals surface area (Å²) in [5.74, 6) is 1.05. The lowest BCUT2D eigenvalue weighted by atomic mass is 10.1. The minimum absolute atomic E-state index is 1.05. The summed E-state index contributed by atoms with van der Waals surface area (Å²) in [5, 5.41) is 0. The lowest BCUT2D eigenvalue weighted by Crippen LogP contribution is -2.29.